The van der Waals surface area contributed by atoms with Crippen LogP contribution >= 0.6 is 0 Å². The lowest BCUT2D eigenvalue weighted by Gasteiger charge is -2.32. The number of amides is 1. The maximum absolute atomic E-state index is 13.6. The smallest absolute Gasteiger partial charge is 0.256 e. The monoisotopic (exact) mass is 266 g/mol. The molecule has 3 N–H and O–H groups in total. The molecule has 1 aromatic carbocycles. The van der Waals surface area contributed by atoms with E-state index < -0.39 is 5.82 Å². The summed E-state index contributed by atoms with van der Waals surface area (Å²) in [5.74, 6) is -0.577. The molecular formula is C14H19FN2O2. The van der Waals surface area contributed by atoms with Crippen LogP contribution in [-0.4, -0.2) is 35.5 Å². The first kappa shape index (κ1) is 13.8. The zero-order chi connectivity index (χ0) is 13.8. The lowest BCUT2D eigenvalue weighted by atomic mass is 9.93. The molecule has 0 atom stereocenters. The van der Waals surface area contributed by atoms with Gasteiger partial charge in [0.1, 0.15) is 11.6 Å². The molecule has 0 unspecified atom stereocenters. The highest BCUT2D eigenvalue weighted by Crippen LogP contribution is 2.23. The van der Waals surface area contributed by atoms with Crippen LogP contribution in [0.5, 0.6) is 5.75 Å². The molecule has 0 radical (unpaired) electrons. The maximum atomic E-state index is 13.6. The Morgan fingerprint density at radius 2 is 2.11 bits per heavy atom. The SMILES string of the molecule is NCCC1CCN(C(=O)c2ccc(O)cc2F)CC1. The van der Waals surface area contributed by atoms with Crippen molar-refractivity contribution in [1.82, 2.24) is 4.90 Å². The number of hydrogen-bond acceptors (Lipinski definition) is 3. The minimum atomic E-state index is -0.672. The first-order valence-electron chi connectivity index (χ1n) is 6.59. The van der Waals surface area contributed by atoms with Gasteiger partial charge >= 0.3 is 0 Å². The van der Waals surface area contributed by atoms with E-state index in [1.807, 2.05) is 0 Å². The number of likely N-dealkylation sites (tertiary alicyclic amines) is 1. The second-order valence-electron chi connectivity index (χ2n) is 4.98. The molecule has 0 spiro atoms. The third kappa shape index (κ3) is 3.23. The number of nitrogens with two attached hydrogens (primary N) is 1. The largest absolute Gasteiger partial charge is 0.508 e. The highest BCUT2D eigenvalue weighted by atomic mass is 19.1. The lowest BCUT2D eigenvalue weighted by molar-refractivity contribution is 0.0683. The summed E-state index contributed by atoms with van der Waals surface area (Å²) in [7, 11) is 0. The predicted molar refractivity (Wildman–Crippen MR) is 70.4 cm³/mol. The third-order valence-electron chi connectivity index (χ3n) is 3.66. The van der Waals surface area contributed by atoms with E-state index in [1.165, 1.54) is 12.1 Å². The van der Waals surface area contributed by atoms with Crippen molar-refractivity contribution in [3.63, 3.8) is 0 Å². The zero-order valence-corrected chi connectivity index (χ0v) is 10.8. The first-order valence-corrected chi connectivity index (χ1v) is 6.59. The van der Waals surface area contributed by atoms with Crippen LogP contribution in [0.3, 0.4) is 0 Å². The molecule has 1 aromatic rings. The van der Waals surface area contributed by atoms with Gasteiger partial charge in [-0.05, 0) is 43.9 Å². The minimum Gasteiger partial charge on any atom is -0.508 e. The van der Waals surface area contributed by atoms with Crippen LogP contribution in [0.15, 0.2) is 18.2 Å². The average Bonchev–Trinajstić information content (AvgIpc) is 2.39. The Hall–Kier alpha value is -1.62. The summed E-state index contributed by atoms with van der Waals surface area (Å²) >= 11 is 0. The van der Waals surface area contributed by atoms with Crippen LogP contribution in [0.25, 0.3) is 0 Å². The van der Waals surface area contributed by atoms with Gasteiger partial charge in [0.15, 0.2) is 0 Å². The molecule has 0 aromatic heterocycles. The fraction of sp³-hybridized carbons (Fsp3) is 0.500. The van der Waals surface area contributed by atoms with E-state index in [0.717, 1.165) is 25.3 Å². The van der Waals surface area contributed by atoms with Crippen molar-refractivity contribution in [3.8, 4) is 5.75 Å². The summed E-state index contributed by atoms with van der Waals surface area (Å²) in [5, 5.41) is 9.15. The Kier molecular flexibility index (Phi) is 4.37. The van der Waals surface area contributed by atoms with Gasteiger partial charge in [-0.15, -0.1) is 0 Å². The minimum absolute atomic E-state index is 0.0232. The number of piperidine rings is 1. The van der Waals surface area contributed by atoms with Crippen molar-refractivity contribution in [2.75, 3.05) is 19.6 Å². The summed E-state index contributed by atoms with van der Waals surface area (Å²) in [4.78, 5) is 13.8. The van der Waals surface area contributed by atoms with Crippen molar-refractivity contribution >= 4 is 5.91 Å². The molecule has 0 saturated carbocycles. The summed E-state index contributed by atoms with van der Waals surface area (Å²) in [6, 6.07) is 3.63. The van der Waals surface area contributed by atoms with Crippen LogP contribution in [0, 0.1) is 11.7 Å². The van der Waals surface area contributed by atoms with E-state index in [-0.39, 0.29) is 17.2 Å². The number of rotatable bonds is 3. The summed E-state index contributed by atoms with van der Waals surface area (Å²) < 4.78 is 13.6. The van der Waals surface area contributed by atoms with Gasteiger partial charge in [0.05, 0.1) is 5.56 Å². The number of nitrogens with zero attached hydrogens (tertiary/aromatic N) is 1. The Bertz CT molecular complexity index is 457. The third-order valence-corrected chi connectivity index (χ3v) is 3.66. The van der Waals surface area contributed by atoms with Crippen molar-refractivity contribution in [2.24, 2.45) is 11.7 Å². The summed E-state index contributed by atoms with van der Waals surface area (Å²) in [5.41, 5.74) is 5.55. The van der Waals surface area contributed by atoms with E-state index in [0.29, 0.717) is 25.6 Å². The molecule has 1 fully saturated rings. The Balaban J connectivity index is 2.01. The second-order valence-corrected chi connectivity index (χ2v) is 4.98. The van der Waals surface area contributed by atoms with Gasteiger partial charge < -0.3 is 15.7 Å². The number of halogens is 1. The molecule has 1 amide bonds. The quantitative estimate of drug-likeness (QED) is 0.875. The fourth-order valence-electron chi connectivity index (χ4n) is 2.51. The van der Waals surface area contributed by atoms with E-state index in [2.05, 4.69) is 0 Å². The molecular weight excluding hydrogens is 247 g/mol. The molecule has 4 nitrogen and oxygen atoms in total. The number of benzene rings is 1. The van der Waals surface area contributed by atoms with Crippen molar-refractivity contribution in [1.29, 1.82) is 0 Å². The van der Waals surface area contributed by atoms with Crippen LogP contribution in [0.4, 0.5) is 4.39 Å². The fourth-order valence-corrected chi connectivity index (χ4v) is 2.51. The molecule has 0 bridgehead atoms. The van der Waals surface area contributed by atoms with Gasteiger partial charge in [-0.3, -0.25) is 4.79 Å². The Morgan fingerprint density at radius 3 is 2.68 bits per heavy atom. The van der Waals surface area contributed by atoms with Gasteiger partial charge in [0.25, 0.3) is 5.91 Å². The standard InChI is InChI=1S/C14H19FN2O2/c15-13-9-11(18)1-2-12(13)14(19)17-7-4-10(3-6-16)5-8-17/h1-2,9-10,18H,3-8,16H2. The Morgan fingerprint density at radius 1 is 1.42 bits per heavy atom. The van der Waals surface area contributed by atoms with Crippen LogP contribution < -0.4 is 5.73 Å². The normalized spacial score (nSPS) is 16.6. The maximum Gasteiger partial charge on any atom is 0.256 e. The van der Waals surface area contributed by atoms with Crippen molar-refractivity contribution in [2.45, 2.75) is 19.3 Å². The Labute approximate surface area is 112 Å². The van der Waals surface area contributed by atoms with E-state index in [9.17, 15) is 9.18 Å². The number of carbonyl (C=O) groups excluding carboxylic acids is 1. The van der Waals surface area contributed by atoms with Gasteiger partial charge in [0, 0.05) is 19.2 Å². The molecule has 1 aliphatic heterocycles. The predicted octanol–water partition coefficient (Wildman–Crippen LogP) is 1.73. The highest BCUT2D eigenvalue weighted by Gasteiger charge is 2.24. The molecule has 1 aliphatic rings. The summed E-state index contributed by atoms with van der Waals surface area (Å²) in [6.07, 6.45) is 2.82. The van der Waals surface area contributed by atoms with Gasteiger partial charge in [-0.2, -0.15) is 0 Å². The molecule has 1 saturated heterocycles. The molecule has 1 heterocycles. The van der Waals surface area contributed by atoms with E-state index >= 15 is 0 Å². The number of aromatic hydroxyl groups is 1. The van der Waals surface area contributed by atoms with Crippen LogP contribution in [0.2, 0.25) is 0 Å². The van der Waals surface area contributed by atoms with Crippen LogP contribution in [0.1, 0.15) is 29.6 Å². The molecule has 2 rings (SSSR count). The number of phenols is 1. The van der Waals surface area contributed by atoms with Gasteiger partial charge in [0.2, 0.25) is 0 Å². The van der Waals surface area contributed by atoms with Crippen molar-refractivity contribution in [3.05, 3.63) is 29.6 Å². The molecule has 104 valence electrons. The van der Waals surface area contributed by atoms with Crippen molar-refractivity contribution < 1.29 is 14.3 Å². The highest BCUT2D eigenvalue weighted by molar-refractivity contribution is 5.94. The first-order chi connectivity index (χ1) is 9.11. The molecule has 5 heteroatoms. The van der Waals surface area contributed by atoms with Gasteiger partial charge in [-0.1, -0.05) is 0 Å². The topological polar surface area (TPSA) is 66.6 Å². The van der Waals surface area contributed by atoms with E-state index in [1.54, 1.807) is 4.90 Å². The lowest BCUT2D eigenvalue weighted by Crippen LogP contribution is -2.39. The van der Waals surface area contributed by atoms with Crippen LogP contribution in [-0.2, 0) is 0 Å². The zero-order valence-electron chi connectivity index (χ0n) is 10.8. The second kappa shape index (κ2) is 6.02. The van der Waals surface area contributed by atoms with Gasteiger partial charge in [-0.25, -0.2) is 4.39 Å². The average molecular weight is 266 g/mol. The number of hydrogen-bond donors (Lipinski definition) is 2. The van der Waals surface area contributed by atoms with E-state index in [4.69, 9.17) is 10.8 Å². The number of carbonyl (C=O) groups is 1. The molecule has 0 aliphatic carbocycles. The summed E-state index contributed by atoms with van der Waals surface area (Å²) in [6.45, 7) is 1.96. The molecule has 19 heavy (non-hydrogen) atoms. The number of phenolic OH excluding ortho intramolecular Hbond substituents is 1.